The molecule has 0 radical (unpaired) electrons. The third kappa shape index (κ3) is 4.55. The van der Waals surface area contributed by atoms with E-state index < -0.39 is 5.82 Å². The minimum Gasteiger partial charge on any atom is -0.494 e. The van der Waals surface area contributed by atoms with Crippen molar-refractivity contribution in [2.75, 3.05) is 7.11 Å². The van der Waals surface area contributed by atoms with Gasteiger partial charge in [-0.1, -0.05) is 49.7 Å². The first-order valence-corrected chi connectivity index (χ1v) is 7.80. The normalized spacial score (nSPS) is 11.8. The Kier molecular flexibility index (Phi) is 6.15. The summed E-state index contributed by atoms with van der Waals surface area (Å²) in [5.41, 5.74) is 1.72. The summed E-state index contributed by atoms with van der Waals surface area (Å²) in [5.74, 6) is -0.431. The molecule has 1 amide bonds. The van der Waals surface area contributed by atoms with Crippen LogP contribution in [0.2, 0.25) is 0 Å². The van der Waals surface area contributed by atoms with Crippen molar-refractivity contribution in [3.63, 3.8) is 0 Å². The van der Waals surface area contributed by atoms with E-state index in [1.807, 2.05) is 30.3 Å². The summed E-state index contributed by atoms with van der Waals surface area (Å²) in [5, 5.41) is 2.90. The molecule has 2 rings (SSSR count). The third-order valence-corrected chi connectivity index (χ3v) is 3.78. The fourth-order valence-corrected chi connectivity index (χ4v) is 2.56. The third-order valence-electron chi connectivity index (χ3n) is 3.78. The number of halogens is 1. The zero-order valence-electron chi connectivity index (χ0n) is 13.5. The molecule has 4 heteroatoms. The highest BCUT2D eigenvalue weighted by Crippen LogP contribution is 2.22. The van der Waals surface area contributed by atoms with Gasteiger partial charge >= 0.3 is 0 Å². The number of carbonyl (C=O) groups is 1. The number of rotatable bonds is 7. The maximum Gasteiger partial charge on any atom is 0.227 e. The molecule has 0 heterocycles. The van der Waals surface area contributed by atoms with Crippen molar-refractivity contribution in [2.24, 2.45) is 0 Å². The van der Waals surface area contributed by atoms with Gasteiger partial charge in [-0.3, -0.25) is 4.79 Å². The molecule has 0 aliphatic heterocycles. The highest BCUT2D eigenvalue weighted by Gasteiger charge is 2.19. The van der Waals surface area contributed by atoms with Gasteiger partial charge in [0.2, 0.25) is 5.91 Å². The molecule has 0 saturated heterocycles. The number of benzene rings is 2. The van der Waals surface area contributed by atoms with Crippen LogP contribution in [-0.2, 0) is 11.3 Å². The molecular formula is C19H22FNO2. The molecule has 0 fully saturated rings. The molecule has 1 unspecified atom stereocenters. The van der Waals surface area contributed by atoms with Crippen molar-refractivity contribution in [3.05, 3.63) is 65.5 Å². The topological polar surface area (TPSA) is 38.3 Å². The van der Waals surface area contributed by atoms with Gasteiger partial charge in [0.15, 0.2) is 11.6 Å². The first-order chi connectivity index (χ1) is 11.2. The van der Waals surface area contributed by atoms with Gasteiger partial charge in [-0.25, -0.2) is 4.39 Å². The van der Waals surface area contributed by atoms with Crippen molar-refractivity contribution in [1.82, 2.24) is 5.32 Å². The molecule has 1 atom stereocenters. The molecule has 3 nitrogen and oxygen atoms in total. The quantitative estimate of drug-likeness (QED) is 0.837. The number of methoxy groups -OCH3 is 1. The van der Waals surface area contributed by atoms with Gasteiger partial charge in [0, 0.05) is 6.54 Å². The number of nitrogens with one attached hydrogen (secondary N) is 1. The first kappa shape index (κ1) is 17.0. The smallest absolute Gasteiger partial charge is 0.227 e. The molecule has 1 N–H and O–H groups in total. The van der Waals surface area contributed by atoms with E-state index in [1.54, 1.807) is 12.1 Å². The summed E-state index contributed by atoms with van der Waals surface area (Å²) >= 11 is 0. The Balaban J connectivity index is 2.03. The molecule has 122 valence electrons. The fourth-order valence-electron chi connectivity index (χ4n) is 2.56. The SMILES string of the molecule is CCCC(C(=O)NCc1ccc(OC)c(F)c1)c1ccccc1. The average Bonchev–Trinajstić information content (AvgIpc) is 2.58. The van der Waals surface area contributed by atoms with E-state index in [2.05, 4.69) is 12.2 Å². The number of hydrogen-bond donors (Lipinski definition) is 1. The second-order valence-electron chi connectivity index (χ2n) is 5.44. The van der Waals surface area contributed by atoms with Crippen molar-refractivity contribution < 1.29 is 13.9 Å². The van der Waals surface area contributed by atoms with Gasteiger partial charge in [-0.15, -0.1) is 0 Å². The number of carbonyl (C=O) groups excluding carboxylic acids is 1. The largest absolute Gasteiger partial charge is 0.494 e. The predicted molar refractivity (Wildman–Crippen MR) is 88.9 cm³/mol. The van der Waals surface area contributed by atoms with E-state index in [4.69, 9.17) is 4.74 Å². The van der Waals surface area contributed by atoms with Gasteiger partial charge < -0.3 is 10.1 Å². The molecule has 0 aliphatic rings. The Morgan fingerprint density at radius 3 is 2.57 bits per heavy atom. The van der Waals surface area contributed by atoms with Gasteiger partial charge in [0.05, 0.1) is 13.0 Å². The van der Waals surface area contributed by atoms with E-state index in [-0.39, 0.29) is 17.6 Å². The zero-order chi connectivity index (χ0) is 16.7. The highest BCUT2D eigenvalue weighted by molar-refractivity contribution is 5.83. The number of hydrogen-bond acceptors (Lipinski definition) is 2. The maximum absolute atomic E-state index is 13.7. The Labute approximate surface area is 136 Å². The Morgan fingerprint density at radius 1 is 1.22 bits per heavy atom. The van der Waals surface area contributed by atoms with Crippen molar-refractivity contribution in [1.29, 1.82) is 0 Å². The van der Waals surface area contributed by atoms with Crippen LogP contribution in [0.1, 0.15) is 36.8 Å². The molecule has 2 aromatic rings. The minimum absolute atomic E-state index is 0.0331. The molecule has 0 bridgehead atoms. The summed E-state index contributed by atoms with van der Waals surface area (Å²) in [6, 6.07) is 14.4. The van der Waals surface area contributed by atoms with Gasteiger partial charge in [0.25, 0.3) is 0 Å². The second kappa shape index (κ2) is 8.32. The average molecular weight is 315 g/mol. The predicted octanol–water partition coefficient (Wildman–Crippen LogP) is 4.03. The number of amides is 1. The zero-order valence-corrected chi connectivity index (χ0v) is 13.5. The van der Waals surface area contributed by atoms with Crippen LogP contribution in [0.15, 0.2) is 48.5 Å². The lowest BCUT2D eigenvalue weighted by Gasteiger charge is -2.16. The van der Waals surface area contributed by atoms with Gasteiger partial charge in [0.1, 0.15) is 0 Å². The second-order valence-corrected chi connectivity index (χ2v) is 5.44. The highest BCUT2D eigenvalue weighted by atomic mass is 19.1. The molecule has 0 spiro atoms. The van der Waals surface area contributed by atoms with Crippen LogP contribution in [0.4, 0.5) is 4.39 Å². The standard InChI is InChI=1S/C19H22FNO2/c1-3-7-16(15-8-5-4-6-9-15)19(22)21-13-14-10-11-18(23-2)17(20)12-14/h4-6,8-12,16H,3,7,13H2,1-2H3,(H,21,22). The van der Waals surface area contributed by atoms with Crippen molar-refractivity contribution >= 4 is 5.91 Å². The fraction of sp³-hybridized carbons (Fsp3) is 0.316. The molecule has 2 aromatic carbocycles. The molecule has 0 saturated carbocycles. The maximum atomic E-state index is 13.7. The van der Waals surface area contributed by atoms with Crippen molar-refractivity contribution in [2.45, 2.75) is 32.2 Å². The number of ether oxygens (including phenoxy) is 1. The van der Waals surface area contributed by atoms with E-state index in [1.165, 1.54) is 13.2 Å². The molecule has 0 aromatic heterocycles. The van der Waals surface area contributed by atoms with Crippen LogP contribution in [-0.4, -0.2) is 13.0 Å². The van der Waals surface area contributed by atoms with Crippen molar-refractivity contribution in [3.8, 4) is 5.75 Å². The molecular weight excluding hydrogens is 293 g/mol. The van der Waals surface area contributed by atoms with Gasteiger partial charge in [-0.2, -0.15) is 0 Å². The van der Waals surface area contributed by atoms with E-state index in [9.17, 15) is 9.18 Å². The van der Waals surface area contributed by atoms with Crippen LogP contribution in [0.5, 0.6) is 5.75 Å². The van der Waals surface area contributed by atoms with Crippen LogP contribution in [0.25, 0.3) is 0 Å². The Bertz CT molecular complexity index is 643. The van der Waals surface area contributed by atoms with Crippen LogP contribution in [0.3, 0.4) is 0 Å². The van der Waals surface area contributed by atoms with Crippen LogP contribution >= 0.6 is 0 Å². The summed E-state index contributed by atoms with van der Waals surface area (Å²) in [6.07, 6.45) is 1.71. The summed E-state index contributed by atoms with van der Waals surface area (Å²) < 4.78 is 18.6. The van der Waals surface area contributed by atoms with E-state index in [0.717, 1.165) is 18.4 Å². The van der Waals surface area contributed by atoms with E-state index in [0.29, 0.717) is 12.1 Å². The Hall–Kier alpha value is -2.36. The lowest BCUT2D eigenvalue weighted by Crippen LogP contribution is -2.29. The monoisotopic (exact) mass is 315 g/mol. The van der Waals surface area contributed by atoms with E-state index >= 15 is 0 Å². The first-order valence-electron chi connectivity index (χ1n) is 7.80. The molecule has 0 aliphatic carbocycles. The van der Waals surface area contributed by atoms with Crippen LogP contribution in [0, 0.1) is 5.82 Å². The summed E-state index contributed by atoms with van der Waals surface area (Å²) in [4.78, 5) is 12.5. The van der Waals surface area contributed by atoms with Crippen LogP contribution < -0.4 is 10.1 Å². The lowest BCUT2D eigenvalue weighted by atomic mass is 9.93. The van der Waals surface area contributed by atoms with Gasteiger partial charge in [-0.05, 0) is 29.7 Å². The lowest BCUT2D eigenvalue weighted by molar-refractivity contribution is -0.122. The minimum atomic E-state index is -0.424. The summed E-state index contributed by atoms with van der Waals surface area (Å²) in [6.45, 7) is 2.36. The molecule has 23 heavy (non-hydrogen) atoms. The Morgan fingerprint density at radius 2 is 1.96 bits per heavy atom. The summed E-state index contributed by atoms with van der Waals surface area (Å²) in [7, 11) is 1.43.